The number of nitrogens with one attached hydrogen (secondary N) is 2. The van der Waals surface area contributed by atoms with Gasteiger partial charge in [0.15, 0.2) is 0 Å². The van der Waals surface area contributed by atoms with Crippen molar-refractivity contribution < 1.29 is 9.59 Å². The van der Waals surface area contributed by atoms with Gasteiger partial charge in [-0.05, 0) is 20.0 Å². The highest BCUT2D eigenvalue weighted by atomic mass is 32.4. The van der Waals surface area contributed by atoms with E-state index in [4.69, 9.17) is 0 Å². The standard InChI is InChI=1S/C12H22N5O3P3/c1-9(18)7-16(6-4-13-2)11(19)8-17-5-3-10(14-12(17)20)15-23(21)22/h3,5,13H,4,6-8,21-22H2,1-2H3,(H,14,15,20). The van der Waals surface area contributed by atoms with E-state index in [1.165, 1.54) is 22.6 Å². The van der Waals surface area contributed by atoms with Crippen LogP contribution in [0.1, 0.15) is 6.92 Å². The van der Waals surface area contributed by atoms with Crippen LogP contribution in [-0.2, 0) is 16.1 Å². The van der Waals surface area contributed by atoms with E-state index in [1.807, 2.05) is 0 Å². The Kier molecular flexibility index (Phi) is 8.78. The fourth-order valence-electron chi connectivity index (χ4n) is 1.80. The van der Waals surface area contributed by atoms with E-state index >= 15 is 0 Å². The summed E-state index contributed by atoms with van der Waals surface area (Å²) in [6.07, 6.45) is 1.52. The second kappa shape index (κ2) is 10.0. The average molecular weight is 377 g/mol. The fourth-order valence-corrected chi connectivity index (χ4v) is 2.98. The molecule has 23 heavy (non-hydrogen) atoms. The van der Waals surface area contributed by atoms with Crippen LogP contribution < -0.4 is 16.1 Å². The number of Topliss-reactive ketones (excluding diaryl/α,β-unsaturated/α-hetero) is 1. The highest BCUT2D eigenvalue weighted by Crippen LogP contribution is 2.51. The molecule has 0 spiro atoms. The third kappa shape index (κ3) is 7.45. The molecule has 11 heteroatoms. The maximum absolute atomic E-state index is 12.3. The summed E-state index contributed by atoms with van der Waals surface area (Å²) in [7, 11) is 6.33. The molecule has 2 atom stereocenters. The van der Waals surface area contributed by atoms with Crippen LogP contribution >= 0.6 is 25.3 Å². The quantitative estimate of drug-likeness (QED) is 0.600. The van der Waals surface area contributed by atoms with E-state index in [1.54, 1.807) is 13.1 Å². The molecular weight excluding hydrogens is 355 g/mol. The molecule has 0 aliphatic heterocycles. The van der Waals surface area contributed by atoms with Crippen LogP contribution in [-0.4, -0.2) is 52.8 Å². The Bertz CT molecular complexity index is 608. The van der Waals surface area contributed by atoms with Crippen LogP contribution in [0.25, 0.3) is 0 Å². The van der Waals surface area contributed by atoms with Crippen molar-refractivity contribution in [3.05, 3.63) is 22.7 Å². The van der Waals surface area contributed by atoms with E-state index in [0.29, 0.717) is 18.9 Å². The number of aromatic nitrogens is 2. The first-order valence-corrected chi connectivity index (χ1v) is 11.5. The summed E-state index contributed by atoms with van der Waals surface area (Å²) in [5.74, 6) is 0.0683. The molecule has 0 fully saturated rings. The second-order valence-electron chi connectivity index (χ2n) is 4.86. The third-order valence-electron chi connectivity index (χ3n) is 2.82. The van der Waals surface area contributed by atoms with Gasteiger partial charge in [0.1, 0.15) is 18.1 Å². The average Bonchev–Trinajstić information content (AvgIpc) is 2.45. The molecule has 128 valence electrons. The third-order valence-corrected chi connectivity index (χ3v) is 4.08. The first-order chi connectivity index (χ1) is 10.8. The minimum absolute atomic E-state index is 0.0345. The molecule has 1 amide bonds. The highest BCUT2D eigenvalue weighted by molar-refractivity contribution is 8.43. The summed E-state index contributed by atoms with van der Waals surface area (Å²) >= 11 is 0. The molecule has 0 bridgehead atoms. The van der Waals surface area contributed by atoms with Crippen molar-refractivity contribution in [3.8, 4) is 0 Å². The van der Waals surface area contributed by atoms with Crippen LogP contribution in [0.5, 0.6) is 0 Å². The smallest absolute Gasteiger partial charge is 0.343 e. The van der Waals surface area contributed by atoms with Gasteiger partial charge in [0.25, 0.3) is 0 Å². The van der Waals surface area contributed by atoms with Crippen LogP contribution in [0.15, 0.2) is 17.1 Å². The van der Waals surface area contributed by atoms with Gasteiger partial charge in [0.05, 0.1) is 6.54 Å². The monoisotopic (exact) mass is 377 g/mol. The molecule has 0 aliphatic carbocycles. The van der Waals surface area contributed by atoms with Crippen LogP contribution in [0.2, 0.25) is 0 Å². The SMILES string of the molecule is CNCCN(CC(C)=O)C(=O)Cn1ccc(NP(P)P)nc1=O. The number of rotatable bonds is 9. The minimum Gasteiger partial charge on any atom is -0.343 e. The number of hydrogen-bond acceptors (Lipinski definition) is 6. The molecule has 1 aromatic heterocycles. The van der Waals surface area contributed by atoms with Gasteiger partial charge in [-0.3, -0.25) is 14.2 Å². The molecule has 0 aliphatic rings. The molecule has 2 N–H and O–H groups in total. The summed E-state index contributed by atoms with van der Waals surface area (Å²) in [4.78, 5) is 40.9. The topological polar surface area (TPSA) is 96.3 Å². The Morgan fingerprint density at radius 2 is 2.13 bits per heavy atom. The van der Waals surface area contributed by atoms with Gasteiger partial charge in [-0.15, -0.1) is 0 Å². The van der Waals surface area contributed by atoms with Crippen molar-refractivity contribution in [1.82, 2.24) is 19.8 Å². The normalized spacial score (nSPS) is 10.7. The van der Waals surface area contributed by atoms with E-state index in [2.05, 4.69) is 33.2 Å². The number of carbonyl (C=O) groups is 2. The molecule has 1 aromatic rings. The Labute approximate surface area is 140 Å². The predicted molar refractivity (Wildman–Crippen MR) is 99.6 cm³/mol. The first kappa shape index (κ1) is 20.1. The van der Waals surface area contributed by atoms with Crippen LogP contribution in [0.3, 0.4) is 0 Å². The van der Waals surface area contributed by atoms with Gasteiger partial charge in [0, 0.05) is 26.7 Å². The zero-order chi connectivity index (χ0) is 17.4. The van der Waals surface area contributed by atoms with Crippen molar-refractivity contribution in [3.63, 3.8) is 0 Å². The Balaban J connectivity index is 2.81. The lowest BCUT2D eigenvalue weighted by Crippen LogP contribution is -2.42. The van der Waals surface area contributed by atoms with Crippen molar-refractivity contribution in [2.45, 2.75) is 13.5 Å². The number of anilines is 1. The summed E-state index contributed by atoms with van der Waals surface area (Å²) in [5, 5.41) is 5.95. The lowest BCUT2D eigenvalue weighted by atomic mass is 10.3. The largest absolute Gasteiger partial charge is 0.349 e. The van der Waals surface area contributed by atoms with Gasteiger partial charge in [-0.2, -0.15) is 4.98 Å². The predicted octanol–water partition coefficient (Wildman–Crippen LogP) is 0.269. The van der Waals surface area contributed by atoms with Crippen molar-refractivity contribution in [1.29, 1.82) is 0 Å². The number of amides is 1. The Morgan fingerprint density at radius 1 is 1.43 bits per heavy atom. The Morgan fingerprint density at radius 3 is 2.65 bits per heavy atom. The van der Waals surface area contributed by atoms with E-state index in [0.717, 1.165) is 0 Å². The van der Waals surface area contributed by atoms with Gasteiger partial charge < -0.3 is 15.3 Å². The summed E-state index contributed by atoms with van der Waals surface area (Å²) in [6.45, 7) is 2.30. The van der Waals surface area contributed by atoms with Crippen molar-refractivity contribution in [2.24, 2.45) is 0 Å². The molecule has 0 radical (unpaired) electrons. The summed E-state index contributed by atoms with van der Waals surface area (Å²) in [5.41, 5.74) is -0.508. The molecule has 1 heterocycles. The second-order valence-corrected chi connectivity index (χ2v) is 11.0. The lowest BCUT2D eigenvalue weighted by molar-refractivity contribution is -0.135. The maximum atomic E-state index is 12.3. The number of nitrogens with zero attached hydrogens (tertiary/aromatic N) is 3. The molecule has 0 aromatic carbocycles. The summed E-state index contributed by atoms with van der Waals surface area (Å²) in [6, 6.07) is 1.64. The number of likely N-dealkylation sites (N-methyl/N-ethyl adjacent to an activating group) is 1. The van der Waals surface area contributed by atoms with Gasteiger partial charge in [-0.25, -0.2) is 4.79 Å². The molecule has 0 saturated heterocycles. The van der Waals surface area contributed by atoms with Crippen molar-refractivity contribution >= 4 is 42.8 Å². The number of carbonyl (C=O) groups excluding carboxylic acids is 2. The fraction of sp³-hybridized carbons (Fsp3) is 0.500. The Hall–Kier alpha value is -0.930. The van der Waals surface area contributed by atoms with Crippen LogP contribution in [0.4, 0.5) is 5.82 Å². The van der Waals surface area contributed by atoms with Gasteiger partial charge in [0.2, 0.25) is 5.91 Å². The highest BCUT2D eigenvalue weighted by Gasteiger charge is 2.16. The summed E-state index contributed by atoms with van der Waals surface area (Å²) < 4.78 is 1.23. The zero-order valence-corrected chi connectivity index (χ0v) is 16.4. The minimum atomic E-state index is -0.590. The van der Waals surface area contributed by atoms with Crippen molar-refractivity contribution in [2.75, 3.05) is 31.8 Å². The van der Waals surface area contributed by atoms with Gasteiger partial charge in [-0.1, -0.05) is 17.9 Å². The number of hydrogen-bond donors (Lipinski definition) is 2. The van der Waals surface area contributed by atoms with E-state index in [-0.39, 0.29) is 24.8 Å². The van der Waals surface area contributed by atoms with E-state index in [9.17, 15) is 14.4 Å². The van der Waals surface area contributed by atoms with E-state index < -0.39 is 13.1 Å². The number of ketones is 1. The first-order valence-electron chi connectivity index (χ1n) is 6.89. The molecule has 2 unspecified atom stereocenters. The lowest BCUT2D eigenvalue weighted by Gasteiger charge is -2.21. The maximum Gasteiger partial charge on any atom is 0.349 e. The van der Waals surface area contributed by atoms with Crippen LogP contribution in [0, 0.1) is 0 Å². The van der Waals surface area contributed by atoms with Gasteiger partial charge >= 0.3 is 5.69 Å². The molecule has 1 rings (SSSR count). The molecule has 8 nitrogen and oxygen atoms in total. The molecule has 0 saturated carbocycles. The molecular formula is C12H22N5O3P3. The zero-order valence-electron chi connectivity index (χ0n) is 13.2.